The molecule has 0 amide bonds. The first kappa shape index (κ1) is 24.8. The monoisotopic (exact) mass is 467 g/mol. The van der Waals surface area contributed by atoms with E-state index in [1.54, 1.807) is 6.07 Å². The molecule has 5 nitrogen and oxygen atoms in total. The third-order valence-electron chi connectivity index (χ3n) is 5.70. The van der Waals surface area contributed by atoms with Gasteiger partial charge in [-0.25, -0.2) is 4.79 Å². The molecule has 0 bridgehead atoms. The molecule has 1 saturated carbocycles. The lowest BCUT2D eigenvalue weighted by Gasteiger charge is -2.18. The number of benzene rings is 3. The molecule has 0 spiro atoms. The SMILES string of the molecule is C[C@H](Cc1ccc(-c2ccc(C(=O)O)c(OC3CC3)c2)cc1)NC[C@H](O)c1ccccc1.Cl. The Hall–Kier alpha value is -2.86. The number of ether oxygens (including phenoxy) is 1. The van der Waals surface area contributed by atoms with Gasteiger partial charge in [0.05, 0.1) is 12.2 Å². The van der Waals surface area contributed by atoms with E-state index in [0.29, 0.717) is 12.3 Å². The number of nitrogens with one attached hydrogen (secondary N) is 1. The van der Waals surface area contributed by atoms with Crippen molar-refractivity contribution in [2.24, 2.45) is 0 Å². The molecule has 0 aromatic heterocycles. The quantitative estimate of drug-likeness (QED) is 0.378. The highest BCUT2D eigenvalue weighted by Crippen LogP contribution is 2.33. The summed E-state index contributed by atoms with van der Waals surface area (Å²) in [5.74, 6) is -0.530. The lowest BCUT2D eigenvalue weighted by Crippen LogP contribution is -2.32. The van der Waals surface area contributed by atoms with Gasteiger partial charge in [-0.1, -0.05) is 60.7 Å². The smallest absolute Gasteiger partial charge is 0.339 e. The number of carboxylic acid groups (broad SMARTS) is 1. The van der Waals surface area contributed by atoms with E-state index in [2.05, 4.69) is 36.5 Å². The van der Waals surface area contributed by atoms with Crippen molar-refractivity contribution in [2.45, 2.75) is 44.4 Å². The third-order valence-corrected chi connectivity index (χ3v) is 5.70. The van der Waals surface area contributed by atoms with Crippen LogP contribution >= 0.6 is 12.4 Å². The topological polar surface area (TPSA) is 78.8 Å². The standard InChI is InChI=1S/C27H29NO4.ClH/c1-18(28-17-25(29)21-5-3-2-4-6-21)15-19-7-9-20(10-8-19)22-11-14-24(27(30)31)26(16-22)32-23-12-13-23;/h2-11,14,16,18,23,25,28-29H,12-13,15,17H2,1H3,(H,30,31);1H/t18-,25+;/m1./s1. The Morgan fingerprint density at radius 2 is 1.70 bits per heavy atom. The molecule has 1 aliphatic carbocycles. The molecule has 4 rings (SSSR count). The molecule has 0 saturated heterocycles. The van der Waals surface area contributed by atoms with Crippen molar-refractivity contribution in [3.63, 3.8) is 0 Å². The molecule has 6 heteroatoms. The number of hydrogen-bond acceptors (Lipinski definition) is 4. The first-order valence-electron chi connectivity index (χ1n) is 11.1. The summed E-state index contributed by atoms with van der Waals surface area (Å²) in [6.45, 7) is 2.61. The molecule has 1 aliphatic rings. The zero-order chi connectivity index (χ0) is 22.5. The summed E-state index contributed by atoms with van der Waals surface area (Å²) < 4.78 is 5.82. The number of aliphatic hydroxyl groups is 1. The van der Waals surface area contributed by atoms with Crippen LogP contribution in [-0.4, -0.2) is 34.9 Å². The van der Waals surface area contributed by atoms with Gasteiger partial charge in [0.15, 0.2) is 0 Å². The molecule has 0 unspecified atom stereocenters. The van der Waals surface area contributed by atoms with Crippen LogP contribution in [0.1, 0.15) is 47.4 Å². The molecular weight excluding hydrogens is 438 g/mol. The average molecular weight is 468 g/mol. The lowest BCUT2D eigenvalue weighted by molar-refractivity contribution is 0.0692. The van der Waals surface area contributed by atoms with Gasteiger partial charge in [0.2, 0.25) is 0 Å². The highest BCUT2D eigenvalue weighted by Gasteiger charge is 2.26. The minimum Gasteiger partial charge on any atom is -0.490 e. The molecule has 0 radical (unpaired) electrons. The van der Waals surface area contributed by atoms with Gasteiger partial charge in [0.1, 0.15) is 11.3 Å². The molecule has 0 aliphatic heterocycles. The maximum absolute atomic E-state index is 11.5. The van der Waals surface area contributed by atoms with Crippen LogP contribution in [0.25, 0.3) is 11.1 Å². The van der Waals surface area contributed by atoms with Crippen molar-refractivity contribution < 1.29 is 19.7 Å². The first-order chi connectivity index (χ1) is 15.5. The van der Waals surface area contributed by atoms with Crippen LogP contribution in [0.2, 0.25) is 0 Å². The zero-order valence-corrected chi connectivity index (χ0v) is 19.4. The Labute approximate surface area is 200 Å². The van der Waals surface area contributed by atoms with E-state index in [1.807, 2.05) is 42.5 Å². The zero-order valence-electron chi connectivity index (χ0n) is 18.6. The van der Waals surface area contributed by atoms with Crippen LogP contribution in [0.4, 0.5) is 0 Å². The van der Waals surface area contributed by atoms with Crippen LogP contribution in [0, 0.1) is 0 Å². The van der Waals surface area contributed by atoms with Gasteiger partial charge < -0.3 is 20.3 Å². The lowest BCUT2D eigenvalue weighted by atomic mass is 9.99. The van der Waals surface area contributed by atoms with E-state index in [9.17, 15) is 15.0 Å². The Kier molecular flexibility index (Phi) is 8.50. The van der Waals surface area contributed by atoms with Crippen molar-refractivity contribution in [3.8, 4) is 16.9 Å². The van der Waals surface area contributed by atoms with Gasteiger partial charge >= 0.3 is 5.97 Å². The average Bonchev–Trinajstić information content (AvgIpc) is 3.62. The van der Waals surface area contributed by atoms with Crippen LogP contribution in [0.15, 0.2) is 72.8 Å². The van der Waals surface area contributed by atoms with E-state index in [4.69, 9.17) is 4.74 Å². The Bertz CT molecular complexity index is 1050. The van der Waals surface area contributed by atoms with Crippen molar-refractivity contribution in [3.05, 3.63) is 89.5 Å². The third kappa shape index (κ3) is 6.81. The molecule has 1 fully saturated rings. The van der Waals surface area contributed by atoms with Gasteiger partial charge in [-0.3, -0.25) is 0 Å². The van der Waals surface area contributed by atoms with Crippen LogP contribution in [0.3, 0.4) is 0 Å². The number of hydrogen-bond donors (Lipinski definition) is 3. The van der Waals surface area contributed by atoms with Crippen LogP contribution in [-0.2, 0) is 6.42 Å². The Morgan fingerprint density at radius 3 is 2.33 bits per heavy atom. The summed E-state index contributed by atoms with van der Waals surface area (Å²) in [4.78, 5) is 11.5. The van der Waals surface area contributed by atoms with E-state index in [-0.39, 0.29) is 30.1 Å². The normalized spacial score (nSPS) is 14.7. The summed E-state index contributed by atoms with van der Waals surface area (Å²) in [7, 11) is 0. The highest BCUT2D eigenvalue weighted by molar-refractivity contribution is 5.92. The summed E-state index contributed by atoms with van der Waals surface area (Å²) in [5, 5.41) is 23.1. The van der Waals surface area contributed by atoms with Gasteiger partial charge in [-0.2, -0.15) is 0 Å². The van der Waals surface area contributed by atoms with Gasteiger partial charge in [0, 0.05) is 12.6 Å². The predicted octanol–water partition coefficient (Wildman–Crippen LogP) is 5.27. The molecular formula is C27H30ClNO4. The first-order valence-corrected chi connectivity index (χ1v) is 11.1. The molecule has 174 valence electrons. The number of aliphatic hydroxyl groups excluding tert-OH is 1. The number of rotatable bonds is 10. The Balaban J connectivity index is 0.00000306. The van der Waals surface area contributed by atoms with Crippen molar-refractivity contribution in [2.75, 3.05) is 6.54 Å². The summed E-state index contributed by atoms with van der Waals surface area (Å²) in [5.41, 5.74) is 4.27. The molecule has 3 aromatic carbocycles. The van der Waals surface area contributed by atoms with Crippen molar-refractivity contribution in [1.29, 1.82) is 0 Å². The van der Waals surface area contributed by atoms with E-state index >= 15 is 0 Å². The fraction of sp³-hybridized carbons (Fsp3) is 0.296. The Morgan fingerprint density at radius 1 is 1.03 bits per heavy atom. The minimum absolute atomic E-state index is 0. The number of halogens is 1. The second-order valence-electron chi connectivity index (χ2n) is 8.47. The predicted molar refractivity (Wildman–Crippen MR) is 132 cm³/mol. The van der Waals surface area contributed by atoms with E-state index in [1.165, 1.54) is 5.56 Å². The maximum atomic E-state index is 11.5. The van der Waals surface area contributed by atoms with Gasteiger partial charge in [-0.15, -0.1) is 12.4 Å². The van der Waals surface area contributed by atoms with Crippen molar-refractivity contribution >= 4 is 18.4 Å². The largest absolute Gasteiger partial charge is 0.490 e. The molecule has 3 aromatic rings. The highest BCUT2D eigenvalue weighted by atomic mass is 35.5. The van der Waals surface area contributed by atoms with E-state index < -0.39 is 12.1 Å². The molecule has 3 N–H and O–H groups in total. The van der Waals surface area contributed by atoms with Crippen LogP contribution < -0.4 is 10.1 Å². The molecule has 0 heterocycles. The number of carbonyl (C=O) groups is 1. The fourth-order valence-electron chi connectivity index (χ4n) is 3.71. The van der Waals surface area contributed by atoms with Crippen molar-refractivity contribution in [1.82, 2.24) is 5.32 Å². The minimum atomic E-state index is -0.971. The maximum Gasteiger partial charge on any atom is 0.339 e. The number of carboxylic acids is 1. The van der Waals surface area contributed by atoms with Gasteiger partial charge in [0.25, 0.3) is 0 Å². The summed E-state index contributed by atoms with van der Waals surface area (Å²) in [6, 6.07) is 23.4. The number of aromatic carboxylic acids is 1. The van der Waals surface area contributed by atoms with Gasteiger partial charge in [-0.05, 0) is 60.6 Å². The second-order valence-corrected chi connectivity index (χ2v) is 8.47. The van der Waals surface area contributed by atoms with E-state index in [0.717, 1.165) is 36.0 Å². The molecule has 2 atom stereocenters. The van der Waals surface area contributed by atoms with Crippen LogP contribution in [0.5, 0.6) is 5.75 Å². The summed E-state index contributed by atoms with van der Waals surface area (Å²) in [6.07, 6.45) is 2.41. The molecule has 33 heavy (non-hydrogen) atoms. The summed E-state index contributed by atoms with van der Waals surface area (Å²) >= 11 is 0. The second kappa shape index (κ2) is 11.3. The fourth-order valence-corrected chi connectivity index (χ4v) is 3.71.